The lowest BCUT2D eigenvalue weighted by Gasteiger charge is -2.16. The fourth-order valence-corrected chi connectivity index (χ4v) is 2.04. The van der Waals surface area contributed by atoms with Crippen molar-refractivity contribution in [2.45, 2.75) is 26.3 Å². The van der Waals surface area contributed by atoms with Gasteiger partial charge < -0.3 is 5.11 Å². The summed E-state index contributed by atoms with van der Waals surface area (Å²) in [6.07, 6.45) is 0.557. The fraction of sp³-hybridized carbons (Fsp3) is 0.875. The lowest BCUT2D eigenvalue weighted by Crippen LogP contribution is -2.39. The minimum absolute atomic E-state index is 0.247. The van der Waals surface area contributed by atoms with Crippen LogP contribution in [0.3, 0.4) is 0 Å². The highest BCUT2D eigenvalue weighted by atomic mass is 32.2. The largest absolute Gasteiger partial charge is 0.395 e. The van der Waals surface area contributed by atoms with Crippen molar-refractivity contribution in [2.75, 3.05) is 12.4 Å². The molecule has 0 aromatic heterocycles. The summed E-state index contributed by atoms with van der Waals surface area (Å²) >= 11 is 0. The molecule has 6 heteroatoms. The van der Waals surface area contributed by atoms with Crippen LogP contribution >= 0.6 is 0 Å². The summed E-state index contributed by atoms with van der Waals surface area (Å²) in [7, 11) is -3.56. The number of nitrogens with zero attached hydrogens (tertiary/aromatic N) is 1. The van der Waals surface area contributed by atoms with Crippen LogP contribution in [0.5, 0.6) is 0 Å². The molecule has 0 aromatic rings. The minimum Gasteiger partial charge on any atom is -0.395 e. The number of rotatable bonds is 6. The molecule has 0 heterocycles. The first-order valence-electron chi connectivity index (χ1n) is 4.39. The average molecular weight is 220 g/mol. The van der Waals surface area contributed by atoms with Gasteiger partial charge in [-0.3, -0.25) is 0 Å². The number of aliphatic hydroxyl groups excluding tert-OH is 1. The Morgan fingerprint density at radius 1 is 1.50 bits per heavy atom. The molecule has 1 unspecified atom stereocenters. The van der Waals surface area contributed by atoms with E-state index in [0.717, 1.165) is 0 Å². The summed E-state index contributed by atoms with van der Waals surface area (Å²) in [5.74, 6) is -0.279. The van der Waals surface area contributed by atoms with Crippen molar-refractivity contribution in [1.29, 1.82) is 5.26 Å². The predicted molar refractivity (Wildman–Crippen MR) is 52.9 cm³/mol. The number of hydrogen-bond donors (Lipinski definition) is 2. The van der Waals surface area contributed by atoms with Gasteiger partial charge in [0.05, 0.1) is 12.7 Å². The van der Waals surface area contributed by atoms with Gasteiger partial charge in [0.25, 0.3) is 0 Å². The van der Waals surface area contributed by atoms with E-state index in [1.165, 1.54) is 0 Å². The monoisotopic (exact) mass is 220 g/mol. The van der Waals surface area contributed by atoms with Crippen molar-refractivity contribution >= 4 is 10.0 Å². The Morgan fingerprint density at radius 3 is 2.43 bits per heavy atom. The van der Waals surface area contributed by atoms with E-state index in [1.807, 2.05) is 13.8 Å². The summed E-state index contributed by atoms with van der Waals surface area (Å²) in [5.41, 5.74) is 0. The molecule has 0 saturated carbocycles. The van der Waals surface area contributed by atoms with Crippen molar-refractivity contribution < 1.29 is 13.5 Å². The summed E-state index contributed by atoms with van der Waals surface area (Å²) < 4.78 is 24.5. The quantitative estimate of drug-likeness (QED) is 0.650. The molecule has 0 aromatic carbocycles. The van der Waals surface area contributed by atoms with Crippen LogP contribution in [-0.4, -0.2) is 31.9 Å². The lowest BCUT2D eigenvalue weighted by molar-refractivity contribution is 0.240. The van der Waals surface area contributed by atoms with Crippen LogP contribution in [0.4, 0.5) is 0 Å². The molecule has 5 nitrogen and oxygen atoms in total. The molecular formula is C8H16N2O3S. The van der Waals surface area contributed by atoms with E-state index in [-0.39, 0.29) is 12.5 Å². The van der Waals surface area contributed by atoms with Crippen LogP contribution < -0.4 is 4.72 Å². The first-order valence-corrected chi connectivity index (χ1v) is 6.04. The van der Waals surface area contributed by atoms with Crippen LogP contribution in [0.15, 0.2) is 0 Å². The molecule has 0 amide bonds. The smallest absolute Gasteiger partial charge is 0.225 e. The second-order valence-corrected chi connectivity index (χ2v) is 5.30. The van der Waals surface area contributed by atoms with Crippen LogP contribution in [0, 0.1) is 17.2 Å². The molecule has 82 valence electrons. The highest BCUT2D eigenvalue weighted by molar-refractivity contribution is 7.89. The summed E-state index contributed by atoms with van der Waals surface area (Å²) in [6.45, 7) is 3.62. The van der Waals surface area contributed by atoms with E-state index in [0.29, 0.717) is 6.42 Å². The second kappa shape index (κ2) is 5.96. The van der Waals surface area contributed by atoms with Gasteiger partial charge in [-0.05, 0) is 12.3 Å². The van der Waals surface area contributed by atoms with Gasteiger partial charge in [-0.15, -0.1) is 0 Å². The molecule has 2 N–H and O–H groups in total. The highest BCUT2D eigenvalue weighted by Crippen LogP contribution is 2.05. The summed E-state index contributed by atoms with van der Waals surface area (Å²) in [5, 5.41) is 17.1. The van der Waals surface area contributed by atoms with Crippen LogP contribution in [-0.2, 0) is 10.0 Å². The topological polar surface area (TPSA) is 90.2 Å². The fourth-order valence-electron chi connectivity index (χ4n) is 1.11. The maximum Gasteiger partial charge on any atom is 0.225 e. The Bertz CT molecular complexity index is 292. The van der Waals surface area contributed by atoms with Crippen molar-refractivity contribution in [1.82, 2.24) is 4.72 Å². The normalized spacial score (nSPS) is 13.9. The van der Waals surface area contributed by atoms with E-state index >= 15 is 0 Å². The van der Waals surface area contributed by atoms with E-state index in [9.17, 15) is 8.42 Å². The van der Waals surface area contributed by atoms with Crippen LogP contribution in [0.2, 0.25) is 0 Å². The molecule has 0 fully saturated rings. The standard InChI is InChI=1S/C8H16N2O3S/c1-7(2)5-8(6-11)10-14(12,13)4-3-9/h7-8,10-11H,4-6H2,1-2H3. The first kappa shape index (κ1) is 13.4. The number of hydrogen-bond acceptors (Lipinski definition) is 4. The molecule has 14 heavy (non-hydrogen) atoms. The molecule has 1 atom stereocenters. The van der Waals surface area contributed by atoms with Crippen molar-refractivity contribution in [3.05, 3.63) is 0 Å². The van der Waals surface area contributed by atoms with Crippen molar-refractivity contribution in [2.24, 2.45) is 5.92 Å². The lowest BCUT2D eigenvalue weighted by atomic mass is 10.1. The molecule has 0 rings (SSSR count). The molecule has 0 radical (unpaired) electrons. The van der Waals surface area contributed by atoms with Gasteiger partial charge in [0.1, 0.15) is 0 Å². The average Bonchev–Trinajstić information content (AvgIpc) is 2.01. The summed E-state index contributed by atoms with van der Waals surface area (Å²) in [6, 6.07) is 1.07. The van der Waals surface area contributed by atoms with Crippen molar-refractivity contribution in [3.8, 4) is 6.07 Å². The van der Waals surface area contributed by atoms with Crippen molar-refractivity contribution in [3.63, 3.8) is 0 Å². The third-order valence-corrected chi connectivity index (χ3v) is 2.78. The van der Waals surface area contributed by atoms with E-state index in [1.54, 1.807) is 6.07 Å². The Kier molecular flexibility index (Phi) is 5.69. The van der Waals surface area contributed by atoms with E-state index < -0.39 is 21.8 Å². The predicted octanol–water partition coefficient (Wildman–Crippen LogP) is -0.164. The summed E-state index contributed by atoms with van der Waals surface area (Å²) in [4.78, 5) is 0. The molecule has 0 bridgehead atoms. The van der Waals surface area contributed by atoms with Gasteiger partial charge in [0, 0.05) is 6.04 Å². The number of aliphatic hydroxyl groups is 1. The third kappa shape index (κ3) is 5.91. The minimum atomic E-state index is -3.56. The Hall–Kier alpha value is -0.640. The first-order chi connectivity index (χ1) is 6.41. The molecule has 0 saturated heterocycles. The van der Waals surface area contributed by atoms with Gasteiger partial charge in [0.2, 0.25) is 10.0 Å². The zero-order chi connectivity index (χ0) is 11.2. The third-order valence-electron chi connectivity index (χ3n) is 1.58. The van der Waals surface area contributed by atoms with E-state index in [4.69, 9.17) is 10.4 Å². The maximum absolute atomic E-state index is 11.1. The molecule has 0 aliphatic heterocycles. The van der Waals surface area contributed by atoms with Gasteiger partial charge in [0.15, 0.2) is 5.75 Å². The van der Waals surface area contributed by atoms with Gasteiger partial charge in [-0.1, -0.05) is 13.8 Å². The van der Waals surface area contributed by atoms with Crippen LogP contribution in [0.25, 0.3) is 0 Å². The highest BCUT2D eigenvalue weighted by Gasteiger charge is 2.17. The number of nitriles is 1. The SMILES string of the molecule is CC(C)CC(CO)NS(=O)(=O)CC#N. The zero-order valence-corrected chi connectivity index (χ0v) is 9.21. The Morgan fingerprint density at radius 2 is 2.07 bits per heavy atom. The van der Waals surface area contributed by atoms with Gasteiger partial charge >= 0.3 is 0 Å². The zero-order valence-electron chi connectivity index (χ0n) is 8.40. The second-order valence-electron chi connectivity index (χ2n) is 3.54. The van der Waals surface area contributed by atoms with Gasteiger partial charge in [-0.2, -0.15) is 5.26 Å². The van der Waals surface area contributed by atoms with Crippen LogP contribution in [0.1, 0.15) is 20.3 Å². The molecule has 0 aliphatic carbocycles. The van der Waals surface area contributed by atoms with Gasteiger partial charge in [-0.25, -0.2) is 13.1 Å². The van der Waals surface area contributed by atoms with E-state index in [2.05, 4.69) is 4.72 Å². The Labute approximate surface area is 84.8 Å². The number of nitrogens with one attached hydrogen (secondary N) is 1. The number of sulfonamides is 1. The molecular weight excluding hydrogens is 204 g/mol. The maximum atomic E-state index is 11.1. The molecule has 0 aliphatic rings. The Balaban J connectivity index is 4.26. The molecule has 0 spiro atoms.